The Morgan fingerprint density at radius 1 is 1.32 bits per heavy atom. The van der Waals surface area contributed by atoms with Gasteiger partial charge in [0.15, 0.2) is 5.96 Å². The van der Waals surface area contributed by atoms with E-state index in [1.807, 2.05) is 19.1 Å². The third kappa shape index (κ3) is 5.89. The molecule has 8 heteroatoms. The van der Waals surface area contributed by atoms with Gasteiger partial charge < -0.3 is 25.1 Å². The van der Waals surface area contributed by atoms with E-state index < -0.39 is 0 Å². The molecular weight excluding hydrogens is 358 g/mol. The van der Waals surface area contributed by atoms with Gasteiger partial charge in [-0.3, -0.25) is 9.89 Å². The molecule has 3 rings (SSSR count). The van der Waals surface area contributed by atoms with Crippen molar-refractivity contribution < 1.29 is 13.9 Å². The number of ether oxygens (including phenoxy) is 1. The summed E-state index contributed by atoms with van der Waals surface area (Å²) in [6.07, 6.45) is 6.11. The van der Waals surface area contributed by atoms with Gasteiger partial charge in [-0.15, -0.1) is 0 Å². The molecule has 1 amide bonds. The van der Waals surface area contributed by atoms with E-state index in [1.54, 1.807) is 13.3 Å². The van der Waals surface area contributed by atoms with Crippen LogP contribution in [0.5, 0.6) is 0 Å². The van der Waals surface area contributed by atoms with Crippen molar-refractivity contribution in [2.24, 2.45) is 10.9 Å². The van der Waals surface area contributed by atoms with Crippen LogP contribution in [0.4, 0.5) is 4.79 Å². The van der Waals surface area contributed by atoms with E-state index in [-0.39, 0.29) is 18.2 Å². The minimum atomic E-state index is -0.351. The van der Waals surface area contributed by atoms with Crippen molar-refractivity contribution in [2.75, 3.05) is 39.8 Å². The van der Waals surface area contributed by atoms with Crippen LogP contribution < -0.4 is 16.0 Å². The molecule has 1 aliphatic carbocycles. The Bertz CT molecular complexity index is 624. The van der Waals surface area contributed by atoms with Crippen molar-refractivity contribution in [1.82, 2.24) is 20.9 Å². The zero-order valence-electron chi connectivity index (χ0n) is 16.9. The molecule has 28 heavy (non-hydrogen) atoms. The first-order chi connectivity index (χ1) is 13.7. The Balaban J connectivity index is 1.50. The first kappa shape index (κ1) is 20.5. The van der Waals surface area contributed by atoms with Gasteiger partial charge in [0.2, 0.25) is 0 Å². The molecule has 2 aliphatic rings. The summed E-state index contributed by atoms with van der Waals surface area (Å²) in [5.74, 6) is 2.22. The number of carbonyl (C=O) groups excluding carboxylic acids is 1. The fourth-order valence-electron chi connectivity index (χ4n) is 3.72. The van der Waals surface area contributed by atoms with E-state index >= 15 is 0 Å². The molecule has 3 N–H and O–H groups in total. The standard InChI is InChI=1S/C20H33N5O3/c1-3-27-20(26)24-16(15-8-9-15)13-22-19(21-2)23-14-17(18-7-6-12-28-18)25-10-4-5-11-25/h6-7,12,15-17H,3-5,8-11,13-14H2,1-2H3,(H,24,26)(H2,21,22,23). The van der Waals surface area contributed by atoms with Crippen molar-refractivity contribution in [2.45, 2.75) is 44.7 Å². The molecule has 8 nitrogen and oxygen atoms in total. The highest BCUT2D eigenvalue weighted by atomic mass is 16.5. The molecule has 1 saturated heterocycles. The summed E-state index contributed by atoms with van der Waals surface area (Å²) in [5.41, 5.74) is 0. The quantitative estimate of drug-likeness (QED) is 0.441. The molecule has 0 spiro atoms. The minimum Gasteiger partial charge on any atom is -0.468 e. The van der Waals surface area contributed by atoms with Gasteiger partial charge >= 0.3 is 6.09 Å². The van der Waals surface area contributed by atoms with Crippen LogP contribution in [0.1, 0.15) is 44.4 Å². The molecule has 156 valence electrons. The molecular formula is C20H33N5O3. The molecule has 2 unspecified atom stereocenters. The van der Waals surface area contributed by atoms with Crippen LogP contribution in [0.2, 0.25) is 0 Å². The average Bonchev–Trinajstić information content (AvgIpc) is 3.16. The number of hydrogen-bond acceptors (Lipinski definition) is 5. The number of likely N-dealkylation sites (tertiary alicyclic amines) is 1. The highest BCUT2D eigenvalue weighted by Crippen LogP contribution is 2.32. The molecule has 0 radical (unpaired) electrons. The van der Waals surface area contributed by atoms with Crippen molar-refractivity contribution in [1.29, 1.82) is 0 Å². The number of amides is 1. The lowest BCUT2D eigenvalue weighted by Crippen LogP contribution is -2.49. The Kier molecular flexibility index (Phi) is 7.59. The van der Waals surface area contributed by atoms with Crippen LogP contribution in [0.3, 0.4) is 0 Å². The number of rotatable bonds is 9. The van der Waals surface area contributed by atoms with Gasteiger partial charge in [0.25, 0.3) is 0 Å². The number of furan rings is 1. The Morgan fingerprint density at radius 2 is 2.07 bits per heavy atom. The van der Waals surface area contributed by atoms with Gasteiger partial charge in [-0.1, -0.05) is 0 Å². The Labute approximate surface area is 167 Å². The topological polar surface area (TPSA) is 91.1 Å². The zero-order valence-corrected chi connectivity index (χ0v) is 16.9. The third-order valence-corrected chi connectivity index (χ3v) is 5.40. The Hall–Kier alpha value is -2.22. The number of guanidine groups is 1. The Morgan fingerprint density at radius 3 is 2.68 bits per heavy atom. The molecule has 1 aromatic rings. The van der Waals surface area contributed by atoms with Crippen LogP contribution in [0.15, 0.2) is 27.8 Å². The van der Waals surface area contributed by atoms with Crippen LogP contribution >= 0.6 is 0 Å². The normalized spacial score (nSPS) is 19.9. The van der Waals surface area contributed by atoms with Gasteiger partial charge in [-0.05, 0) is 63.7 Å². The summed E-state index contributed by atoms with van der Waals surface area (Å²) < 4.78 is 10.7. The van der Waals surface area contributed by atoms with E-state index in [0.717, 1.165) is 37.7 Å². The number of alkyl carbamates (subject to hydrolysis) is 1. The first-order valence-corrected chi connectivity index (χ1v) is 10.4. The fraction of sp³-hybridized carbons (Fsp3) is 0.700. The lowest BCUT2D eigenvalue weighted by Gasteiger charge is -2.27. The largest absolute Gasteiger partial charge is 0.468 e. The summed E-state index contributed by atoms with van der Waals surface area (Å²) >= 11 is 0. The van der Waals surface area contributed by atoms with Crippen LogP contribution in [0.25, 0.3) is 0 Å². The summed E-state index contributed by atoms with van der Waals surface area (Å²) in [4.78, 5) is 18.6. The molecule has 0 aromatic carbocycles. The number of aliphatic imine (C=N–C) groups is 1. The summed E-state index contributed by atoms with van der Waals surface area (Å²) in [6, 6.07) is 4.21. The summed E-state index contributed by atoms with van der Waals surface area (Å²) in [5, 5.41) is 9.73. The monoisotopic (exact) mass is 391 g/mol. The maximum absolute atomic E-state index is 11.8. The van der Waals surface area contributed by atoms with Gasteiger partial charge in [0, 0.05) is 20.1 Å². The highest BCUT2D eigenvalue weighted by molar-refractivity contribution is 5.79. The summed E-state index contributed by atoms with van der Waals surface area (Å²) in [6.45, 7) is 5.71. The molecule has 1 aromatic heterocycles. The SMILES string of the molecule is CCOC(=O)NC(CNC(=NC)NCC(c1ccco1)N1CCCC1)C1CC1. The van der Waals surface area contributed by atoms with E-state index in [2.05, 4.69) is 25.8 Å². The van der Waals surface area contributed by atoms with E-state index in [4.69, 9.17) is 9.15 Å². The van der Waals surface area contributed by atoms with E-state index in [9.17, 15) is 4.79 Å². The second-order valence-corrected chi connectivity index (χ2v) is 7.42. The second-order valence-electron chi connectivity index (χ2n) is 7.42. The smallest absolute Gasteiger partial charge is 0.407 e. The average molecular weight is 392 g/mol. The van der Waals surface area contributed by atoms with Crippen molar-refractivity contribution in [3.8, 4) is 0 Å². The van der Waals surface area contributed by atoms with Gasteiger partial charge in [-0.2, -0.15) is 0 Å². The van der Waals surface area contributed by atoms with Crippen LogP contribution in [-0.2, 0) is 4.74 Å². The van der Waals surface area contributed by atoms with E-state index in [1.165, 1.54) is 12.8 Å². The van der Waals surface area contributed by atoms with Gasteiger partial charge in [-0.25, -0.2) is 4.79 Å². The number of hydrogen-bond donors (Lipinski definition) is 3. The fourth-order valence-corrected chi connectivity index (χ4v) is 3.72. The predicted octanol–water partition coefficient (Wildman–Crippen LogP) is 2.11. The summed E-state index contributed by atoms with van der Waals surface area (Å²) in [7, 11) is 1.76. The maximum Gasteiger partial charge on any atom is 0.407 e. The molecule has 2 heterocycles. The number of nitrogens with one attached hydrogen (secondary N) is 3. The predicted molar refractivity (Wildman–Crippen MR) is 108 cm³/mol. The maximum atomic E-state index is 11.8. The van der Waals surface area contributed by atoms with Crippen molar-refractivity contribution in [3.05, 3.63) is 24.2 Å². The number of carbonyl (C=O) groups is 1. The molecule has 1 saturated carbocycles. The highest BCUT2D eigenvalue weighted by Gasteiger charge is 2.33. The lowest BCUT2D eigenvalue weighted by molar-refractivity contribution is 0.146. The number of nitrogens with zero attached hydrogens (tertiary/aromatic N) is 2. The van der Waals surface area contributed by atoms with Crippen LogP contribution in [0, 0.1) is 5.92 Å². The molecule has 0 bridgehead atoms. The zero-order chi connectivity index (χ0) is 19.8. The minimum absolute atomic E-state index is 0.0528. The molecule has 2 atom stereocenters. The third-order valence-electron chi connectivity index (χ3n) is 5.40. The van der Waals surface area contributed by atoms with Crippen LogP contribution in [-0.4, -0.2) is 62.8 Å². The second kappa shape index (κ2) is 10.4. The lowest BCUT2D eigenvalue weighted by atomic mass is 10.2. The van der Waals surface area contributed by atoms with Crippen molar-refractivity contribution in [3.63, 3.8) is 0 Å². The first-order valence-electron chi connectivity index (χ1n) is 10.4. The van der Waals surface area contributed by atoms with E-state index in [0.29, 0.717) is 25.6 Å². The van der Waals surface area contributed by atoms with Gasteiger partial charge in [0.1, 0.15) is 5.76 Å². The van der Waals surface area contributed by atoms with Gasteiger partial charge in [0.05, 0.1) is 25.0 Å². The van der Waals surface area contributed by atoms with Crippen molar-refractivity contribution >= 4 is 12.1 Å². The molecule has 1 aliphatic heterocycles. The molecule has 2 fully saturated rings.